The van der Waals surface area contributed by atoms with Crippen molar-refractivity contribution in [2.24, 2.45) is 0 Å². The second-order valence-electron chi connectivity index (χ2n) is 5.94. The van der Waals surface area contributed by atoms with Crippen LogP contribution in [0.1, 0.15) is 19.4 Å². The van der Waals surface area contributed by atoms with Crippen molar-refractivity contribution in [3.05, 3.63) is 54.1 Å². The van der Waals surface area contributed by atoms with E-state index in [1.807, 2.05) is 25.1 Å². The van der Waals surface area contributed by atoms with Crippen LogP contribution < -0.4 is 15.0 Å². The summed E-state index contributed by atoms with van der Waals surface area (Å²) in [6.45, 7) is 3.45. The fourth-order valence-corrected chi connectivity index (χ4v) is 3.03. The van der Waals surface area contributed by atoms with Crippen LogP contribution in [0.3, 0.4) is 0 Å². The SMILES string of the molecule is CC(=O)Nc1cccc(OCC(=O)N2c3ccccc3C[C@@H]2C)c1. The van der Waals surface area contributed by atoms with Gasteiger partial charge in [0.1, 0.15) is 5.75 Å². The van der Waals surface area contributed by atoms with Gasteiger partial charge in [-0.3, -0.25) is 9.59 Å². The quantitative estimate of drug-likeness (QED) is 0.940. The number of amides is 2. The predicted molar refractivity (Wildman–Crippen MR) is 93.3 cm³/mol. The minimum atomic E-state index is -0.147. The molecule has 0 radical (unpaired) electrons. The number of nitrogens with one attached hydrogen (secondary N) is 1. The largest absolute Gasteiger partial charge is 0.484 e. The second-order valence-corrected chi connectivity index (χ2v) is 5.94. The first kappa shape index (κ1) is 16.1. The van der Waals surface area contributed by atoms with Crippen molar-refractivity contribution in [3.63, 3.8) is 0 Å². The third kappa shape index (κ3) is 3.40. The van der Waals surface area contributed by atoms with Crippen molar-refractivity contribution in [1.82, 2.24) is 0 Å². The highest BCUT2D eigenvalue weighted by Crippen LogP contribution is 2.31. The molecule has 1 aliphatic rings. The van der Waals surface area contributed by atoms with E-state index in [1.54, 1.807) is 29.2 Å². The molecule has 3 rings (SSSR count). The van der Waals surface area contributed by atoms with Crippen LogP contribution in [0, 0.1) is 0 Å². The third-order valence-electron chi connectivity index (χ3n) is 3.99. The van der Waals surface area contributed by atoms with Gasteiger partial charge in [0.15, 0.2) is 6.61 Å². The third-order valence-corrected chi connectivity index (χ3v) is 3.99. The zero-order chi connectivity index (χ0) is 17.1. The van der Waals surface area contributed by atoms with E-state index in [1.165, 1.54) is 12.5 Å². The Morgan fingerprint density at radius 3 is 2.79 bits per heavy atom. The summed E-state index contributed by atoms with van der Waals surface area (Å²) in [6.07, 6.45) is 0.861. The van der Waals surface area contributed by atoms with Crippen molar-refractivity contribution in [2.75, 3.05) is 16.8 Å². The maximum Gasteiger partial charge on any atom is 0.265 e. The number of fused-ring (bicyclic) bond motifs is 1. The number of hydrogen-bond donors (Lipinski definition) is 1. The molecule has 1 atom stereocenters. The van der Waals surface area contributed by atoms with Gasteiger partial charge in [0.05, 0.1) is 0 Å². The van der Waals surface area contributed by atoms with Crippen molar-refractivity contribution >= 4 is 23.2 Å². The summed E-state index contributed by atoms with van der Waals surface area (Å²) in [5.41, 5.74) is 2.80. The number of carbonyl (C=O) groups excluding carboxylic acids is 2. The first-order valence-electron chi connectivity index (χ1n) is 7.95. The zero-order valence-electron chi connectivity index (χ0n) is 13.8. The molecule has 1 N–H and O–H groups in total. The monoisotopic (exact) mass is 324 g/mol. The standard InChI is InChI=1S/C19H20N2O3/c1-13-10-15-6-3-4-9-18(15)21(13)19(23)12-24-17-8-5-7-16(11-17)20-14(2)22/h3-9,11,13H,10,12H2,1-2H3,(H,20,22)/t13-/m0/s1. The summed E-state index contributed by atoms with van der Waals surface area (Å²) >= 11 is 0. The summed E-state index contributed by atoms with van der Waals surface area (Å²) in [5, 5.41) is 2.69. The zero-order valence-corrected chi connectivity index (χ0v) is 13.8. The van der Waals surface area contributed by atoms with E-state index < -0.39 is 0 Å². The number of nitrogens with zero attached hydrogens (tertiary/aromatic N) is 1. The molecule has 24 heavy (non-hydrogen) atoms. The Labute approximate surface area is 141 Å². The van der Waals surface area contributed by atoms with Gasteiger partial charge >= 0.3 is 0 Å². The van der Waals surface area contributed by atoms with Crippen molar-refractivity contribution in [3.8, 4) is 5.75 Å². The number of benzene rings is 2. The smallest absolute Gasteiger partial charge is 0.265 e. The summed E-state index contributed by atoms with van der Waals surface area (Å²) in [6, 6.07) is 15.1. The number of hydrogen-bond acceptors (Lipinski definition) is 3. The Balaban J connectivity index is 1.67. The van der Waals surface area contributed by atoms with Crippen molar-refractivity contribution in [2.45, 2.75) is 26.3 Å². The number of ether oxygens (including phenoxy) is 1. The predicted octanol–water partition coefficient (Wildman–Crippen LogP) is 3.00. The van der Waals surface area contributed by atoms with E-state index in [4.69, 9.17) is 4.74 Å². The fourth-order valence-electron chi connectivity index (χ4n) is 3.03. The molecule has 0 saturated heterocycles. The molecule has 1 heterocycles. The molecule has 0 spiro atoms. The summed E-state index contributed by atoms with van der Waals surface area (Å²) in [7, 11) is 0. The van der Waals surface area contributed by atoms with Crippen LogP contribution in [0.2, 0.25) is 0 Å². The molecule has 5 heteroatoms. The lowest BCUT2D eigenvalue weighted by Crippen LogP contribution is -2.39. The van der Waals surface area contributed by atoms with Crippen LogP contribution in [0.25, 0.3) is 0 Å². The summed E-state index contributed by atoms with van der Waals surface area (Å²) in [4.78, 5) is 25.5. The van der Waals surface area contributed by atoms with Gasteiger partial charge < -0.3 is 15.0 Å². The lowest BCUT2D eigenvalue weighted by Gasteiger charge is -2.22. The molecule has 5 nitrogen and oxygen atoms in total. The van der Waals surface area contributed by atoms with E-state index in [0.717, 1.165) is 12.1 Å². The molecule has 2 amide bonds. The fraction of sp³-hybridized carbons (Fsp3) is 0.263. The van der Waals surface area contributed by atoms with Crippen LogP contribution in [-0.2, 0) is 16.0 Å². The molecule has 0 fully saturated rings. The first-order chi connectivity index (χ1) is 11.5. The molecule has 0 unspecified atom stereocenters. The lowest BCUT2D eigenvalue weighted by molar-refractivity contribution is -0.121. The maximum atomic E-state index is 12.6. The van der Waals surface area contributed by atoms with Gasteiger partial charge in [0.25, 0.3) is 5.91 Å². The van der Waals surface area contributed by atoms with Crippen molar-refractivity contribution < 1.29 is 14.3 Å². The number of anilines is 2. The van der Waals surface area contributed by atoms with Crippen LogP contribution >= 0.6 is 0 Å². The maximum absolute atomic E-state index is 12.6. The Morgan fingerprint density at radius 2 is 2.00 bits per heavy atom. The van der Waals surface area contributed by atoms with Crippen LogP contribution in [0.15, 0.2) is 48.5 Å². The van der Waals surface area contributed by atoms with E-state index in [0.29, 0.717) is 11.4 Å². The van der Waals surface area contributed by atoms with Crippen LogP contribution in [0.5, 0.6) is 5.75 Å². The molecule has 0 aromatic heterocycles. The minimum Gasteiger partial charge on any atom is -0.484 e. The Kier molecular flexibility index (Phi) is 4.51. The van der Waals surface area contributed by atoms with Gasteiger partial charge in [0.2, 0.25) is 5.91 Å². The highest BCUT2D eigenvalue weighted by Gasteiger charge is 2.30. The van der Waals surface area contributed by atoms with Gasteiger partial charge in [0, 0.05) is 30.4 Å². The molecule has 0 bridgehead atoms. The Morgan fingerprint density at radius 1 is 1.21 bits per heavy atom. The summed E-state index contributed by atoms with van der Waals surface area (Å²) < 4.78 is 5.62. The average molecular weight is 324 g/mol. The molecule has 0 saturated carbocycles. The minimum absolute atomic E-state index is 0.0395. The first-order valence-corrected chi connectivity index (χ1v) is 7.95. The number of para-hydroxylation sites is 1. The van der Waals surface area contributed by atoms with E-state index in [2.05, 4.69) is 11.4 Å². The van der Waals surface area contributed by atoms with E-state index in [9.17, 15) is 9.59 Å². The summed E-state index contributed by atoms with van der Waals surface area (Å²) in [5.74, 6) is 0.331. The van der Waals surface area contributed by atoms with Gasteiger partial charge in [-0.05, 0) is 37.1 Å². The normalized spacial score (nSPS) is 15.8. The van der Waals surface area contributed by atoms with Crippen LogP contribution in [0.4, 0.5) is 11.4 Å². The number of carbonyl (C=O) groups is 2. The van der Waals surface area contributed by atoms with E-state index in [-0.39, 0.29) is 24.5 Å². The van der Waals surface area contributed by atoms with Crippen molar-refractivity contribution in [1.29, 1.82) is 0 Å². The molecular formula is C19H20N2O3. The molecule has 1 aliphatic heterocycles. The van der Waals surface area contributed by atoms with Gasteiger partial charge in [-0.1, -0.05) is 24.3 Å². The molecule has 124 valence electrons. The molecule has 0 aliphatic carbocycles. The molecular weight excluding hydrogens is 304 g/mol. The average Bonchev–Trinajstić information content (AvgIpc) is 2.88. The highest BCUT2D eigenvalue weighted by atomic mass is 16.5. The Hall–Kier alpha value is -2.82. The van der Waals surface area contributed by atoms with Gasteiger partial charge in [-0.15, -0.1) is 0 Å². The Bertz CT molecular complexity index is 773. The topological polar surface area (TPSA) is 58.6 Å². The van der Waals surface area contributed by atoms with Crippen LogP contribution in [-0.4, -0.2) is 24.5 Å². The number of rotatable bonds is 4. The second kappa shape index (κ2) is 6.74. The molecule has 2 aromatic carbocycles. The molecule has 2 aromatic rings. The lowest BCUT2D eigenvalue weighted by atomic mass is 10.1. The highest BCUT2D eigenvalue weighted by molar-refractivity contribution is 5.97. The van der Waals surface area contributed by atoms with Gasteiger partial charge in [-0.2, -0.15) is 0 Å². The van der Waals surface area contributed by atoms with Gasteiger partial charge in [-0.25, -0.2) is 0 Å². The van der Waals surface area contributed by atoms with E-state index >= 15 is 0 Å².